The summed E-state index contributed by atoms with van der Waals surface area (Å²) < 4.78 is 29.3. The van der Waals surface area contributed by atoms with E-state index in [0.29, 0.717) is 5.69 Å². The Bertz CT molecular complexity index is 1150. The molecule has 2 aromatic rings. The van der Waals surface area contributed by atoms with Gasteiger partial charge >= 0.3 is 0 Å². The zero-order valence-corrected chi connectivity index (χ0v) is 23.3. The first kappa shape index (κ1) is 29.1. The molecular formula is C28H40F2N6O3. The summed E-state index contributed by atoms with van der Waals surface area (Å²) in [6.45, 7) is 10.4. The number of benzene rings is 1. The molecule has 1 saturated carbocycles. The molecule has 2 aliphatic rings. The first-order chi connectivity index (χ1) is 18.3. The molecule has 3 atom stereocenters. The smallest absolute Gasteiger partial charge is 0.251 e. The second-order valence-corrected chi connectivity index (χ2v) is 12.1. The molecule has 1 unspecified atom stereocenters. The van der Waals surface area contributed by atoms with Gasteiger partial charge in [-0.1, -0.05) is 32.9 Å². The van der Waals surface area contributed by atoms with E-state index in [9.17, 15) is 23.5 Å². The third-order valence-electron chi connectivity index (χ3n) is 7.63. The number of hydrogen-bond donors (Lipinski definition) is 3. The number of carbonyl (C=O) groups is 2. The Hall–Kier alpha value is -2.92. The number of amides is 2. The Morgan fingerprint density at radius 2 is 1.82 bits per heavy atom. The monoisotopic (exact) mass is 546 g/mol. The van der Waals surface area contributed by atoms with Crippen molar-refractivity contribution >= 4 is 17.5 Å². The zero-order valence-electron chi connectivity index (χ0n) is 23.3. The number of nitrogens with zero attached hydrogens (tertiary/aromatic N) is 4. The third-order valence-corrected chi connectivity index (χ3v) is 7.63. The summed E-state index contributed by atoms with van der Waals surface area (Å²) in [5, 5.41) is 24.4. The Balaban J connectivity index is 1.77. The average molecular weight is 547 g/mol. The van der Waals surface area contributed by atoms with Gasteiger partial charge in [-0.15, -0.1) is 10.2 Å². The highest BCUT2D eigenvalue weighted by molar-refractivity contribution is 6.03. The third kappa shape index (κ3) is 6.63. The Kier molecular flexibility index (Phi) is 8.41. The van der Waals surface area contributed by atoms with Gasteiger partial charge in [0.2, 0.25) is 11.8 Å². The molecule has 39 heavy (non-hydrogen) atoms. The molecule has 2 heterocycles. The van der Waals surface area contributed by atoms with E-state index in [4.69, 9.17) is 0 Å². The molecule has 1 aliphatic heterocycles. The van der Waals surface area contributed by atoms with Crippen molar-refractivity contribution in [2.75, 3.05) is 11.4 Å². The van der Waals surface area contributed by atoms with E-state index in [-0.39, 0.29) is 61.8 Å². The predicted molar refractivity (Wildman–Crippen MR) is 144 cm³/mol. The van der Waals surface area contributed by atoms with Crippen LogP contribution in [-0.2, 0) is 15.0 Å². The molecule has 0 bridgehead atoms. The van der Waals surface area contributed by atoms with E-state index in [0.717, 1.165) is 5.56 Å². The summed E-state index contributed by atoms with van der Waals surface area (Å²) in [5.41, 5.74) is 1.43. The standard InChI is InChI=1S/C28H40F2N6O3/c1-17(2)35-16-32-34-24(35)23(25(38)33-19-10-12-28(29,30)13-11-19)36(26(39)22-14-21(37)15-31-22)20-8-6-18(7-9-20)27(3,4)5/h6-9,16-17,19,21-23,31,37H,10-15H2,1-5H3,(H,33,38)/t21-,22-,23?/m1/s1. The first-order valence-corrected chi connectivity index (χ1v) is 13.7. The number of β-amino-alcohol motifs (C(OH)–C–C–N with tert-alkyl or cyclic N) is 1. The SMILES string of the molecule is CC(C)n1cnnc1C(C(=O)NC1CCC(F)(F)CC1)N(C(=O)[C@H]1C[C@@H](O)CN1)c1ccc(C(C)(C)C)cc1. The van der Waals surface area contributed by atoms with Gasteiger partial charge in [-0.25, -0.2) is 8.78 Å². The number of rotatable bonds is 7. The topological polar surface area (TPSA) is 112 Å². The fraction of sp³-hybridized carbons (Fsp3) is 0.643. The van der Waals surface area contributed by atoms with Gasteiger partial charge in [0.05, 0.1) is 12.1 Å². The molecule has 1 saturated heterocycles. The number of aliphatic hydroxyl groups excluding tert-OH is 1. The fourth-order valence-corrected chi connectivity index (χ4v) is 5.26. The van der Waals surface area contributed by atoms with Crippen LogP contribution < -0.4 is 15.5 Å². The number of hydrogen-bond acceptors (Lipinski definition) is 6. The lowest BCUT2D eigenvalue weighted by molar-refractivity contribution is -0.128. The van der Waals surface area contributed by atoms with Crippen molar-refractivity contribution in [1.29, 1.82) is 0 Å². The number of aromatic nitrogens is 3. The highest BCUT2D eigenvalue weighted by Crippen LogP contribution is 2.35. The maximum atomic E-state index is 14.1. The van der Waals surface area contributed by atoms with Gasteiger partial charge in [0.1, 0.15) is 6.33 Å². The van der Waals surface area contributed by atoms with Crippen LogP contribution in [-0.4, -0.2) is 62.3 Å². The lowest BCUT2D eigenvalue weighted by Crippen LogP contribution is -2.52. The number of aliphatic hydroxyl groups is 1. The molecule has 3 N–H and O–H groups in total. The second-order valence-electron chi connectivity index (χ2n) is 12.1. The van der Waals surface area contributed by atoms with E-state index in [2.05, 4.69) is 41.6 Å². The van der Waals surface area contributed by atoms with Crippen molar-refractivity contribution in [3.05, 3.63) is 42.0 Å². The number of alkyl halides is 2. The minimum absolute atomic E-state index is 0.106. The second kappa shape index (κ2) is 11.3. The van der Waals surface area contributed by atoms with Crippen LogP contribution in [0.25, 0.3) is 0 Å². The number of carbonyl (C=O) groups excluding carboxylic acids is 2. The van der Waals surface area contributed by atoms with Crippen molar-refractivity contribution < 1.29 is 23.5 Å². The summed E-state index contributed by atoms with van der Waals surface area (Å²) in [5.74, 6) is -3.35. The van der Waals surface area contributed by atoms with E-state index in [1.165, 1.54) is 11.2 Å². The van der Waals surface area contributed by atoms with Crippen LogP contribution in [0, 0.1) is 0 Å². The van der Waals surface area contributed by atoms with Crippen molar-refractivity contribution in [2.24, 2.45) is 0 Å². The molecule has 9 nitrogen and oxygen atoms in total. The lowest BCUT2D eigenvalue weighted by atomic mass is 9.87. The summed E-state index contributed by atoms with van der Waals surface area (Å²) >= 11 is 0. The Morgan fingerprint density at radius 1 is 1.18 bits per heavy atom. The van der Waals surface area contributed by atoms with Crippen LogP contribution in [0.3, 0.4) is 0 Å². The van der Waals surface area contributed by atoms with Gasteiger partial charge in [0, 0.05) is 37.2 Å². The maximum Gasteiger partial charge on any atom is 0.251 e. The van der Waals surface area contributed by atoms with Crippen LogP contribution in [0.4, 0.5) is 14.5 Å². The Morgan fingerprint density at radius 3 is 2.36 bits per heavy atom. The molecule has 11 heteroatoms. The highest BCUT2D eigenvalue weighted by Gasteiger charge is 2.43. The molecular weight excluding hydrogens is 506 g/mol. The fourth-order valence-electron chi connectivity index (χ4n) is 5.26. The molecule has 2 fully saturated rings. The minimum Gasteiger partial charge on any atom is -0.392 e. The molecule has 1 aromatic carbocycles. The van der Waals surface area contributed by atoms with Gasteiger partial charge in [0.25, 0.3) is 5.91 Å². The van der Waals surface area contributed by atoms with Crippen LogP contribution in [0.2, 0.25) is 0 Å². The summed E-state index contributed by atoms with van der Waals surface area (Å²) in [6.07, 6.45) is 0.735. The lowest BCUT2D eigenvalue weighted by Gasteiger charge is -2.35. The summed E-state index contributed by atoms with van der Waals surface area (Å²) in [4.78, 5) is 29.5. The Labute approximate surface area is 228 Å². The highest BCUT2D eigenvalue weighted by atomic mass is 19.3. The van der Waals surface area contributed by atoms with Crippen molar-refractivity contribution in [3.8, 4) is 0 Å². The number of halogens is 2. The van der Waals surface area contributed by atoms with Crippen molar-refractivity contribution in [3.63, 3.8) is 0 Å². The van der Waals surface area contributed by atoms with Gasteiger partial charge in [-0.05, 0) is 56.2 Å². The van der Waals surface area contributed by atoms with E-state index >= 15 is 0 Å². The van der Waals surface area contributed by atoms with Gasteiger partial charge in [0.15, 0.2) is 11.9 Å². The molecule has 2 amide bonds. The minimum atomic E-state index is -2.73. The normalized spacial score (nSPS) is 22.6. The van der Waals surface area contributed by atoms with Crippen LogP contribution in [0.5, 0.6) is 0 Å². The van der Waals surface area contributed by atoms with Gasteiger partial charge in [-0.3, -0.25) is 14.5 Å². The maximum absolute atomic E-state index is 14.1. The van der Waals surface area contributed by atoms with Crippen molar-refractivity contribution in [1.82, 2.24) is 25.4 Å². The van der Waals surface area contributed by atoms with Gasteiger partial charge < -0.3 is 20.3 Å². The molecule has 1 aliphatic carbocycles. The molecule has 1 aromatic heterocycles. The van der Waals surface area contributed by atoms with Gasteiger partial charge in [-0.2, -0.15) is 0 Å². The van der Waals surface area contributed by atoms with Crippen LogP contribution in [0.1, 0.15) is 90.2 Å². The molecule has 214 valence electrons. The number of nitrogens with one attached hydrogen (secondary N) is 2. The average Bonchev–Trinajstić information content (AvgIpc) is 3.52. The van der Waals surface area contributed by atoms with E-state index in [1.807, 2.05) is 26.0 Å². The van der Waals surface area contributed by atoms with Crippen LogP contribution in [0.15, 0.2) is 30.6 Å². The molecule has 0 spiro atoms. The molecule has 4 rings (SSSR count). The van der Waals surface area contributed by atoms with E-state index in [1.54, 1.807) is 16.7 Å². The predicted octanol–water partition coefficient (Wildman–Crippen LogP) is 3.65. The quantitative estimate of drug-likeness (QED) is 0.489. The van der Waals surface area contributed by atoms with Crippen LogP contribution >= 0.6 is 0 Å². The largest absolute Gasteiger partial charge is 0.392 e. The number of anilines is 1. The van der Waals surface area contributed by atoms with Crippen molar-refractivity contribution in [2.45, 2.75) is 108 Å². The van der Waals surface area contributed by atoms with E-state index < -0.39 is 36.1 Å². The molecule has 0 radical (unpaired) electrons. The summed E-state index contributed by atoms with van der Waals surface area (Å²) in [6, 6.07) is 5.01. The first-order valence-electron chi connectivity index (χ1n) is 13.7. The summed E-state index contributed by atoms with van der Waals surface area (Å²) in [7, 11) is 0. The zero-order chi connectivity index (χ0) is 28.5.